The summed E-state index contributed by atoms with van der Waals surface area (Å²) in [6.07, 6.45) is 0. The van der Waals surface area contributed by atoms with Crippen LogP contribution < -0.4 is 0 Å². The van der Waals surface area contributed by atoms with Gasteiger partial charge in [0, 0.05) is 0 Å². The third kappa shape index (κ3) is 3.63. The Kier molecular flexibility index (Phi) is 1.30. The van der Waals surface area contributed by atoms with Gasteiger partial charge in [0.2, 0.25) is 5.40 Å². The van der Waals surface area contributed by atoms with Gasteiger partial charge in [-0.15, -0.1) is 11.7 Å². The molecule has 0 radical (unpaired) electrons. The second kappa shape index (κ2) is 1.39. The summed E-state index contributed by atoms with van der Waals surface area (Å²) in [7, 11) is 0. The second-order valence-corrected chi connectivity index (χ2v) is 1.49. The Morgan fingerprint density at radius 1 is 1.33 bits per heavy atom. The maximum Gasteiger partial charge on any atom is 0.302 e. The largest absolute Gasteiger partial charge is 0.302 e. The summed E-state index contributed by atoms with van der Waals surface area (Å²) in [5, 5.41) is 7.25. The Morgan fingerprint density at radius 2 is 1.50 bits per heavy atom. The van der Waals surface area contributed by atoms with Gasteiger partial charge in [-0.25, -0.2) is 0 Å². The fraction of sp³-hybridized carbons (Fsp3) is 0. The predicted molar refractivity (Wildman–Crippen MR) is 16.5 cm³/mol. The summed E-state index contributed by atoms with van der Waals surface area (Å²) in [6, 6.07) is 0. The molecule has 0 fully saturated rings. The summed E-state index contributed by atoms with van der Waals surface area (Å²) in [5.41, 5.74) is 0. The van der Waals surface area contributed by atoms with Gasteiger partial charge in [0.15, 0.2) is 0 Å². The normalized spacial score (nSPS) is 13.0. The molecule has 0 saturated carbocycles. The molecule has 0 aliphatic rings. The number of nitrogens with zero attached hydrogens (tertiary/aromatic N) is 1. The number of halogens is 3. The van der Waals surface area contributed by atoms with Gasteiger partial charge in [0.25, 0.3) is 0 Å². The van der Waals surface area contributed by atoms with Gasteiger partial charge in [-0.3, -0.25) is 0 Å². The van der Waals surface area contributed by atoms with Crippen molar-refractivity contribution in [3.05, 3.63) is 0 Å². The molecule has 0 aromatic carbocycles. The number of rotatable bonds is 0. The minimum Gasteiger partial charge on any atom is -0.179 e. The molecule has 5 heteroatoms. The maximum atomic E-state index is 10.5. The van der Waals surface area contributed by atoms with Gasteiger partial charge in [-0.05, 0) is 0 Å². The number of hydrogen-bond donors (Lipinski definition) is 0. The second-order valence-electron chi connectivity index (χ2n) is 0.498. The van der Waals surface area contributed by atoms with Crippen LogP contribution in [0.4, 0.5) is 11.7 Å². The third-order valence-electron chi connectivity index (χ3n) is 0.104. The Bertz CT molecular complexity index is 77.8. The monoisotopic (exact) mass is 115 g/mol. The van der Waals surface area contributed by atoms with Crippen LogP contribution in [0.2, 0.25) is 0 Å². The average Bonchev–Trinajstić information content (AvgIpc) is 1.35. The molecular weight excluding hydrogens is 115 g/mol. The van der Waals surface area contributed by atoms with Crippen molar-refractivity contribution in [1.82, 2.24) is 0 Å². The molecule has 0 amide bonds. The van der Waals surface area contributed by atoms with Gasteiger partial charge in [0.1, 0.15) is 0 Å². The highest BCUT2D eigenvalue weighted by Gasteiger charge is 2.17. The fourth-order valence-electron chi connectivity index (χ4n) is 0. The Hall–Kier alpha value is -0.370. The van der Waals surface area contributed by atoms with E-state index in [0.717, 1.165) is 0 Å². The van der Waals surface area contributed by atoms with Gasteiger partial charge < -0.3 is 0 Å². The topological polar surface area (TPSA) is 23.8 Å². The molecule has 0 aliphatic heterocycles. The van der Waals surface area contributed by atoms with Crippen molar-refractivity contribution < 1.29 is 11.7 Å². The smallest absolute Gasteiger partial charge is 0.179 e. The number of hydrogen-bond acceptors (Lipinski definition) is 1. The molecule has 0 saturated heterocycles. The molecular formula is CF3NS. The highest BCUT2D eigenvalue weighted by Crippen LogP contribution is 2.51. The lowest BCUT2D eigenvalue weighted by atomic mass is 11.8. The predicted octanol–water partition coefficient (Wildman–Crippen LogP) is 1.93. The molecule has 0 atom stereocenters. The van der Waals surface area contributed by atoms with Gasteiger partial charge in [-0.1, -0.05) is 0 Å². The molecule has 0 aromatic heterocycles. The van der Waals surface area contributed by atoms with Crippen molar-refractivity contribution in [1.29, 1.82) is 5.26 Å². The van der Waals surface area contributed by atoms with Crippen molar-refractivity contribution in [3.63, 3.8) is 0 Å². The molecule has 0 rings (SSSR count). The Morgan fingerprint density at radius 3 is 1.50 bits per heavy atom. The average molecular weight is 115 g/mol. The molecule has 0 bridgehead atoms. The van der Waals surface area contributed by atoms with E-state index >= 15 is 0 Å². The number of thiocyanates is 1. The van der Waals surface area contributed by atoms with Crippen LogP contribution in [0.15, 0.2) is 0 Å². The first kappa shape index (κ1) is 5.63. The molecule has 1 nitrogen and oxygen atoms in total. The van der Waals surface area contributed by atoms with Gasteiger partial charge in [0.05, 0.1) is 0 Å². The fourth-order valence-corrected chi connectivity index (χ4v) is 0. The zero-order valence-corrected chi connectivity index (χ0v) is 3.31. The van der Waals surface area contributed by atoms with E-state index in [9.17, 15) is 11.7 Å². The molecule has 36 valence electrons. The lowest BCUT2D eigenvalue weighted by Crippen LogP contribution is -1.58. The first-order valence-electron chi connectivity index (χ1n) is 0.891. The van der Waals surface area contributed by atoms with Crippen LogP contribution in [0.5, 0.6) is 0 Å². The molecule has 0 unspecified atom stereocenters. The third-order valence-corrected chi connectivity index (χ3v) is 0.311. The van der Waals surface area contributed by atoms with Crippen LogP contribution >= 0.6 is 11.2 Å². The summed E-state index contributed by atoms with van der Waals surface area (Å²) < 4.78 is 31.5. The van der Waals surface area contributed by atoms with Crippen molar-refractivity contribution in [2.75, 3.05) is 0 Å². The van der Waals surface area contributed by atoms with Crippen molar-refractivity contribution >= 4 is 11.2 Å². The van der Waals surface area contributed by atoms with E-state index < -0.39 is 11.2 Å². The van der Waals surface area contributed by atoms with E-state index in [4.69, 9.17) is 5.26 Å². The molecule has 0 spiro atoms. The minimum absolute atomic E-state index is 0.188. The van der Waals surface area contributed by atoms with Crippen LogP contribution in [0.1, 0.15) is 0 Å². The van der Waals surface area contributed by atoms with Gasteiger partial charge >= 0.3 is 11.2 Å². The Balaban J connectivity index is 3.55. The van der Waals surface area contributed by atoms with E-state index in [1.165, 1.54) is 0 Å². The lowest BCUT2D eigenvalue weighted by molar-refractivity contribution is 0.655. The van der Waals surface area contributed by atoms with Crippen LogP contribution in [-0.4, -0.2) is 0 Å². The molecule has 0 heterocycles. The lowest BCUT2D eigenvalue weighted by Gasteiger charge is -1.90. The summed E-state index contributed by atoms with van der Waals surface area (Å²) >= 11 is -5.36. The van der Waals surface area contributed by atoms with E-state index in [0.29, 0.717) is 0 Å². The zero-order valence-electron chi connectivity index (χ0n) is 2.49. The standard InChI is InChI=1S/CF3NS/c2-6(3,4)1-5. The van der Waals surface area contributed by atoms with E-state index in [-0.39, 0.29) is 5.40 Å². The highest BCUT2D eigenvalue weighted by atomic mass is 32.3. The first-order chi connectivity index (χ1) is 2.56. The zero-order chi connectivity index (χ0) is 5.21. The van der Waals surface area contributed by atoms with Crippen LogP contribution in [0.3, 0.4) is 0 Å². The van der Waals surface area contributed by atoms with Crippen molar-refractivity contribution in [2.24, 2.45) is 0 Å². The molecule has 0 aliphatic carbocycles. The first-order valence-corrected chi connectivity index (χ1v) is 2.22. The SMILES string of the molecule is N#CS(F)(F)F. The summed E-state index contributed by atoms with van der Waals surface area (Å²) in [4.78, 5) is 0. The van der Waals surface area contributed by atoms with Crippen LogP contribution in [-0.2, 0) is 0 Å². The molecule has 6 heavy (non-hydrogen) atoms. The maximum absolute atomic E-state index is 10.5. The minimum atomic E-state index is -5.36. The molecule has 0 N–H and O–H groups in total. The summed E-state index contributed by atoms with van der Waals surface area (Å²) in [6.45, 7) is 0. The highest BCUT2D eigenvalue weighted by molar-refractivity contribution is 8.24. The van der Waals surface area contributed by atoms with Crippen molar-refractivity contribution in [3.8, 4) is 5.40 Å². The van der Waals surface area contributed by atoms with E-state index in [2.05, 4.69) is 0 Å². The van der Waals surface area contributed by atoms with Crippen molar-refractivity contribution in [2.45, 2.75) is 0 Å². The number of nitriles is 1. The quantitative estimate of drug-likeness (QED) is 0.442. The molecule has 0 aromatic rings. The Labute approximate surface area is 34.6 Å². The van der Waals surface area contributed by atoms with Crippen LogP contribution in [0, 0.1) is 10.7 Å². The van der Waals surface area contributed by atoms with E-state index in [1.54, 1.807) is 0 Å². The van der Waals surface area contributed by atoms with Crippen LogP contribution in [0.25, 0.3) is 0 Å². The van der Waals surface area contributed by atoms with Gasteiger partial charge in [-0.2, -0.15) is 5.26 Å². The summed E-state index contributed by atoms with van der Waals surface area (Å²) in [5.74, 6) is 0. The van der Waals surface area contributed by atoms with E-state index in [1.807, 2.05) is 0 Å².